The number of nitrogens with one attached hydrogen (secondary N) is 1. The third kappa shape index (κ3) is 8.10. The molecule has 29 heavy (non-hydrogen) atoms. The van der Waals surface area contributed by atoms with Crippen molar-refractivity contribution < 1.29 is 9.59 Å². The molecule has 2 amide bonds. The number of carbonyl (C=O) groups excluding carboxylic acids is 2. The zero-order valence-electron chi connectivity index (χ0n) is 17.8. The van der Waals surface area contributed by atoms with Crippen LogP contribution in [0.15, 0.2) is 54.6 Å². The van der Waals surface area contributed by atoms with Crippen LogP contribution in [0.1, 0.15) is 67.8 Å². The maximum Gasteiger partial charge on any atom is 0.258 e. The van der Waals surface area contributed by atoms with E-state index < -0.39 is 0 Å². The number of benzene rings is 2. The number of unbranched alkanes of at least 4 members (excludes halogenated alkanes) is 5. The fourth-order valence-corrected chi connectivity index (χ4v) is 3.27. The maximum absolute atomic E-state index is 13.0. The van der Waals surface area contributed by atoms with Gasteiger partial charge < -0.3 is 10.2 Å². The van der Waals surface area contributed by atoms with Crippen LogP contribution in [0.3, 0.4) is 0 Å². The molecule has 0 aliphatic carbocycles. The van der Waals surface area contributed by atoms with Crippen molar-refractivity contribution in [2.24, 2.45) is 0 Å². The van der Waals surface area contributed by atoms with Gasteiger partial charge in [-0.05, 0) is 37.6 Å². The molecular formula is C25H34N2O2. The first-order valence-electron chi connectivity index (χ1n) is 10.8. The molecule has 0 heterocycles. The zero-order chi connectivity index (χ0) is 20.9. The van der Waals surface area contributed by atoms with Crippen LogP contribution in [0.2, 0.25) is 0 Å². The van der Waals surface area contributed by atoms with Crippen LogP contribution in [0, 0.1) is 6.92 Å². The standard InChI is InChI=1S/C25H34N2O2/c1-3-4-5-6-7-11-14-24(28)26-19-20-27(23-12-9-8-10-13-23)25(29)22-17-15-21(2)16-18-22/h8-10,12-13,15-18H,3-7,11,14,19-20H2,1-2H3,(H,26,28). The van der Waals surface area contributed by atoms with E-state index in [9.17, 15) is 9.59 Å². The third-order valence-electron chi connectivity index (χ3n) is 5.03. The zero-order valence-corrected chi connectivity index (χ0v) is 17.8. The Morgan fingerprint density at radius 2 is 1.52 bits per heavy atom. The summed E-state index contributed by atoms with van der Waals surface area (Å²) >= 11 is 0. The molecule has 0 saturated heterocycles. The molecule has 0 bridgehead atoms. The first-order chi connectivity index (χ1) is 14.1. The molecule has 2 aromatic carbocycles. The molecule has 0 fully saturated rings. The number of nitrogens with zero attached hydrogens (tertiary/aromatic N) is 1. The summed E-state index contributed by atoms with van der Waals surface area (Å²) in [5.41, 5.74) is 2.61. The van der Waals surface area contributed by atoms with E-state index >= 15 is 0 Å². The maximum atomic E-state index is 13.0. The minimum absolute atomic E-state index is 0.0543. The summed E-state index contributed by atoms with van der Waals surface area (Å²) in [5, 5.41) is 2.97. The van der Waals surface area contributed by atoms with Gasteiger partial charge >= 0.3 is 0 Å². The highest BCUT2D eigenvalue weighted by Crippen LogP contribution is 2.17. The van der Waals surface area contributed by atoms with Crippen LogP contribution in [0.5, 0.6) is 0 Å². The Morgan fingerprint density at radius 1 is 0.862 bits per heavy atom. The number of para-hydroxylation sites is 1. The summed E-state index contributed by atoms with van der Waals surface area (Å²) in [6, 6.07) is 17.2. The lowest BCUT2D eigenvalue weighted by Crippen LogP contribution is -2.38. The van der Waals surface area contributed by atoms with Gasteiger partial charge in [-0.1, -0.05) is 74.9 Å². The van der Waals surface area contributed by atoms with E-state index in [1.807, 2.05) is 61.5 Å². The molecule has 2 rings (SSSR count). The lowest BCUT2D eigenvalue weighted by atomic mass is 10.1. The van der Waals surface area contributed by atoms with Gasteiger partial charge in [-0.2, -0.15) is 0 Å². The molecule has 0 saturated carbocycles. The highest BCUT2D eigenvalue weighted by atomic mass is 16.2. The van der Waals surface area contributed by atoms with Crippen molar-refractivity contribution in [2.45, 2.75) is 58.8 Å². The van der Waals surface area contributed by atoms with Crippen molar-refractivity contribution in [3.05, 3.63) is 65.7 Å². The molecule has 0 aromatic heterocycles. The van der Waals surface area contributed by atoms with Crippen LogP contribution in [-0.2, 0) is 4.79 Å². The van der Waals surface area contributed by atoms with E-state index in [1.54, 1.807) is 4.90 Å². The summed E-state index contributed by atoms with van der Waals surface area (Å²) in [6.07, 6.45) is 7.56. The number of carbonyl (C=O) groups is 2. The van der Waals surface area contributed by atoms with E-state index in [4.69, 9.17) is 0 Å². The lowest BCUT2D eigenvalue weighted by molar-refractivity contribution is -0.121. The van der Waals surface area contributed by atoms with E-state index in [-0.39, 0.29) is 11.8 Å². The van der Waals surface area contributed by atoms with E-state index in [2.05, 4.69) is 12.2 Å². The molecule has 0 spiro atoms. The van der Waals surface area contributed by atoms with Gasteiger partial charge in [-0.15, -0.1) is 0 Å². The molecule has 156 valence electrons. The summed E-state index contributed by atoms with van der Waals surface area (Å²) < 4.78 is 0. The Bertz CT molecular complexity index is 741. The molecule has 0 unspecified atom stereocenters. The fraction of sp³-hybridized carbons (Fsp3) is 0.440. The van der Waals surface area contributed by atoms with Crippen molar-refractivity contribution >= 4 is 17.5 Å². The SMILES string of the molecule is CCCCCCCCC(=O)NCCN(C(=O)c1ccc(C)cc1)c1ccccc1. The van der Waals surface area contributed by atoms with Crippen LogP contribution in [0.25, 0.3) is 0 Å². The first kappa shape index (κ1) is 22.7. The molecule has 1 N–H and O–H groups in total. The molecular weight excluding hydrogens is 360 g/mol. The second-order valence-electron chi connectivity index (χ2n) is 7.53. The highest BCUT2D eigenvalue weighted by Gasteiger charge is 2.17. The topological polar surface area (TPSA) is 49.4 Å². The van der Waals surface area contributed by atoms with Crippen molar-refractivity contribution in [1.82, 2.24) is 5.32 Å². The summed E-state index contributed by atoms with van der Waals surface area (Å²) in [7, 11) is 0. The minimum Gasteiger partial charge on any atom is -0.354 e. The lowest BCUT2D eigenvalue weighted by Gasteiger charge is -2.23. The molecule has 0 aliphatic heterocycles. The number of amides is 2. The molecule has 2 aromatic rings. The summed E-state index contributed by atoms with van der Waals surface area (Å²) in [6.45, 7) is 5.10. The highest BCUT2D eigenvalue weighted by molar-refractivity contribution is 6.06. The van der Waals surface area contributed by atoms with Crippen LogP contribution in [0.4, 0.5) is 5.69 Å². The van der Waals surface area contributed by atoms with Gasteiger partial charge in [0.2, 0.25) is 5.91 Å². The Kier molecular flexibility index (Phi) is 9.98. The number of aryl methyl sites for hydroxylation is 1. The second kappa shape index (κ2) is 12.8. The monoisotopic (exact) mass is 394 g/mol. The number of anilines is 1. The summed E-state index contributed by atoms with van der Waals surface area (Å²) in [5.74, 6) is 0.0117. The van der Waals surface area contributed by atoms with Gasteiger partial charge in [0, 0.05) is 30.8 Å². The van der Waals surface area contributed by atoms with Crippen LogP contribution in [-0.4, -0.2) is 24.9 Å². The molecule has 0 atom stereocenters. The quantitative estimate of drug-likeness (QED) is 0.483. The predicted octanol–water partition coefficient (Wildman–Crippen LogP) is 5.51. The van der Waals surface area contributed by atoms with Crippen LogP contribution < -0.4 is 10.2 Å². The van der Waals surface area contributed by atoms with Gasteiger partial charge in [0.25, 0.3) is 5.91 Å². The van der Waals surface area contributed by atoms with Crippen LogP contribution >= 0.6 is 0 Å². The van der Waals surface area contributed by atoms with Crippen molar-refractivity contribution in [2.75, 3.05) is 18.0 Å². The first-order valence-corrected chi connectivity index (χ1v) is 10.8. The van der Waals surface area contributed by atoms with Gasteiger partial charge in [-0.3, -0.25) is 9.59 Å². The predicted molar refractivity (Wildman–Crippen MR) is 120 cm³/mol. The van der Waals surface area contributed by atoms with Gasteiger partial charge in [0.05, 0.1) is 0 Å². The minimum atomic E-state index is -0.0543. The number of hydrogen-bond acceptors (Lipinski definition) is 2. The van der Waals surface area contributed by atoms with Crippen molar-refractivity contribution in [3.8, 4) is 0 Å². The van der Waals surface area contributed by atoms with E-state index in [0.29, 0.717) is 25.1 Å². The largest absolute Gasteiger partial charge is 0.354 e. The Labute approximate surface area is 175 Å². The normalized spacial score (nSPS) is 10.6. The van der Waals surface area contributed by atoms with Gasteiger partial charge in [-0.25, -0.2) is 0 Å². The van der Waals surface area contributed by atoms with E-state index in [1.165, 1.54) is 25.7 Å². The second-order valence-corrected chi connectivity index (χ2v) is 7.53. The fourth-order valence-electron chi connectivity index (χ4n) is 3.27. The number of hydrogen-bond donors (Lipinski definition) is 1. The average molecular weight is 395 g/mol. The number of rotatable bonds is 12. The van der Waals surface area contributed by atoms with Gasteiger partial charge in [0.1, 0.15) is 0 Å². The molecule has 0 aliphatic rings. The van der Waals surface area contributed by atoms with Crippen molar-refractivity contribution in [1.29, 1.82) is 0 Å². The smallest absolute Gasteiger partial charge is 0.258 e. The Morgan fingerprint density at radius 3 is 2.21 bits per heavy atom. The third-order valence-corrected chi connectivity index (χ3v) is 5.03. The molecule has 4 nitrogen and oxygen atoms in total. The summed E-state index contributed by atoms with van der Waals surface area (Å²) in [4.78, 5) is 26.9. The average Bonchev–Trinajstić information content (AvgIpc) is 2.74. The Hall–Kier alpha value is -2.62. The van der Waals surface area contributed by atoms with E-state index in [0.717, 1.165) is 24.1 Å². The van der Waals surface area contributed by atoms with Gasteiger partial charge in [0.15, 0.2) is 0 Å². The van der Waals surface area contributed by atoms with Crippen molar-refractivity contribution in [3.63, 3.8) is 0 Å². The Balaban J connectivity index is 1.86. The molecule has 4 heteroatoms. The molecule has 0 radical (unpaired) electrons.